The summed E-state index contributed by atoms with van der Waals surface area (Å²) in [6.07, 6.45) is -2.55. The van der Waals surface area contributed by atoms with E-state index < -0.39 is 18.3 Å². The summed E-state index contributed by atoms with van der Waals surface area (Å²) in [5.74, 6) is 0. The Morgan fingerprint density at radius 2 is 1.77 bits per heavy atom. The molecule has 0 saturated carbocycles. The fourth-order valence-electron chi connectivity index (χ4n) is 1.15. The van der Waals surface area contributed by atoms with E-state index in [0.717, 1.165) is 12.8 Å². The molecule has 0 aliphatic carbocycles. The van der Waals surface area contributed by atoms with Crippen LogP contribution in [0, 0.1) is 0 Å². The second-order valence-corrected chi connectivity index (χ2v) is 3.62. The number of nitrogens with one attached hydrogen (secondary N) is 1. The number of halogens is 3. The molecule has 0 heterocycles. The van der Waals surface area contributed by atoms with Gasteiger partial charge < -0.3 is 11.1 Å². The van der Waals surface area contributed by atoms with Gasteiger partial charge in [0.15, 0.2) is 0 Å². The summed E-state index contributed by atoms with van der Waals surface area (Å²) in [6.45, 7) is 2.93. The number of alkyl halides is 3. The van der Waals surface area contributed by atoms with Crippen molar-refractivity contribution in [1.29, 1.82) is 0 Å². The quantitative estimate of drug-likeness (QED) is 0.705. The van der Waals surface area contributed by atoms with E-state index in [1.54, 1.807) is 6.92 Å². The largest absolute Gasteiger partial charge is 0.401 e. The van der Waals surface area contributed by atoms with E-state index in [2.05, 4.69) is 5.32 Å². The highest BCUT2D eigenvalue weighted by Gasteiger charge is 2.27. The summed E-state index contributed by atoms with van der Waals surface area (Å²) in [5, 5.41) is 2.30. The van der Waals surface area contributed by atoms with E-state index in [-0.39, 0.29) is 6.54 Å². The van der Waals surface area contributed by atoms with Crippen molar-refractivity contribution >= 4 is 0 Å². The van der Waals surface area contributed by atoms with Crippen molar-refractivity contribution in [1.82, 2.24) is 5.32 Å². The molecule has 0 aromatic carbocycles. The first-order valence-electron chi connectivity index (χ1n) is 4.33. The molecule has 0 aliphatic heterocycles. The molecule has 3 N–H and O–H groups in total. The van der Waals surface area contributed by atoms with Crippen molar-refractivity contribution in [3.8, 4) is 0 Å². The normalized spacial score (nSPS) is 17.1. The van der Waals surface area contributed by atoms with Crippen molar-refractivity contribution in [2.75, 3.05) is 13.1 Å². The first-order chi connectivity index (χ1) is 5.77. The van der Waals surface area contributed by atoms with Gasteiger partial charge in [0.2, 0.25) is 0 Å². The van der Waals surface area contributed by atoms with Crippen molar-refractivity contribution in [2.45, 2.75) is 38.4 Å². The van der Waals surface area contributed by atoms with Crippen LogP contribution < -0.4 is 11.1 Å². The van der Waals surface area contributed by atoms with Gasteiger partial charge in [-0.15, -0.1) is 0 Å². The van der Waals surface area contributed by atoms with Crippen LogP contribution in [0.25, 0.3) is 0 Å². The molecule has 0 fully saturated rings. The van der Waals surface area contributed by atoms with Crippen LogP contribution in [0.1, 0.15) is 26.7 Å². The average molecular weight is 198 g/mol. The van der Waals surface area contributed by atoms with Gasteiger partial charge in [0.05, 0.1) is 6.54 Å². The summed E-state index contributed by atoms with van der Waals surface area (Å²) < 4.78 is 35.1. The van der Waals surface area contributed by atoms with Gasteiger partial charge in [-0.1, -0.05) is 13.3 Å². The maximum atomic E-state index is 11.7. The molecule has 1 atom stereocenters. The predicted octanol–water partition coefficient (Wildman–Crippen LogP) is 1.66. The van der Waals surface area contributed by atoms with Crippen LogP contribution >= 0.6 is 0 Å². The third-order valence-corrected chi connectivity index (χ3v) is 1.68. The minimum absolute atomic E-state index is 0.195. The van der Waals surface area contributed by atoms with E-state index in [0.29, 0.717) is 0 Å². The first-order valence-corrected chi connectivity index (χ1v) is 4.33. The predicted molar refractivity (Wildman–Crippen MR) is 46.4 cm³/mol. The van der Waals surface area contributed by atoms with Gasteiger partial charge in [0.25, 0.3) is 0 Å². The Kier molecular flexibility index (Phi) is 4.70. The zero-order valence-electron chi connectivity index (χ0n) is 8.04. The van der Waals surface area contributed by atoms with Gasteiger partial charge in [-0.2, -0.15) is 13.2 Å². The second kappa shape index (κ2) is 4.81. The molecular formula is C8H17F3N2. The minimum atomic E-state index is -4.15. The number of hydrogen-bond donors (Lipinski definition) is 2. The lowest BCUT2D eigenvalue weighted by atomic mass is 9.98. The Bertz CT molecular complexity index is 143. The fraction of sp³-hybridized carbons (Fsp3) is 1.00. The van der Waals surface area contributed by atoms with Crippen LogP contribution in [0.2, 0.25) is 0 Å². The Labute approximate surface area is 76.7 Å². The molecule has 0 spiro atoms. The monoisotopic (exact) mass is 198 g/mol. The molecule has 5 heteroatoms. The molecule has 0 bridgehead atoms. The van der Waals surface area contributed by atoms with Crippen molar-refractivity contribution in [3.63, 3.8) is 0 Å². The first kappa shape index (κ1) is 12.7. The van der Waals surface area contributed by atoms with Gasteiger partial charge in [-0.25, -0.2) is 0 Å². The highest BCUT2D eigenvalue weighted by atomic mass is 19.4. The molecule has 80 valence electrons. The number of rotatable bonds is 5. The van der Waals surface area contributed by atoms with E-state index in [4.69, 9.17) is 5.73 Å². The molecule has 0 rings (SSSR count). The summed E-state index contributed by atoms with van der Waals surface area (Å²) in [4.78, 5) is 0. The van der Waals surface area contributed by atoms with Gasteiger partial charge in [-0.3, -0.25) is 0 Å². The minimum Gasteiger partial charge on any atom is -0.324 e. The number of hydrogen-bond acceptors (Lipinski definition) is 2. The average Bonchev–Trinajstić information content (AvgIpc) is 1.82. The summed E-state index contributed by atoms with van der Waals surface area (Å²) >= 11 is 0. The standard InChI is InChI=1S/C8H17F3N2/c1-3-4-7(2,12)5-13-6-8(9,10)11/h13H,3-6,12H2,1-2H3. The maximum Gasteiger partial charge on any atom is 0.401 e. The maximum absolute atomic E-state index is 11.7. The molecule has 0 radical (unpaired) electrons. The van der Waals surface area contributed by atoms with Crippen LogP contribution in [-0.4, -0.2) is 24.8 Å². The van der Waals surface area contributed by atoms with E-state index in [1.165, 1.54) is 0 Å². The molecule has 0 aliphatic rings. The van der Waals surface area contributed by atoms with E-state index in [1.807, 2.05) is 6.92 Å². The van der Waals surface area contributed by atoms with E-state index in [9.17, 15) is 13.2 Å². The number of nitrogens with two attached hydrogens (primary N) is 1. The second-order valence-electron chi connectivity index (χ2n) is 3.62. The molecular weight excluding hydrogens is 181 g/mol. The van der Waals surface area contributed by atoms with Crippen LogP contribution in [0.4, 0.5) is 13.2 Å². The lowest BCUT2D eigenvalue weighted by Crippen LogP contribution is -2.47. The topological polar surface area (TPSA) is 38.0 Å². The van der Waals surface area contributed by atoms with Gasteiger partial charge in [0, 0.05) is 12.1 Å². The van der Waals surface area contributed by atoms with Crippen molar-refractivity contribution < 1.29 is 13.2 Å². The van der Waals surface area contributed by atoms with Gasteiger partial charge in [0.1, 0.15) is 0 Å². The third kappa shape index (κ3) is 8.05. The Morgan fingerprint density at radius 3 is 2.15 bits per heavy atom. The van der Waals surface area contributed by atoms with Crippen LogP contribution in [0.15, 0.2) is 0 Å². The molecule has 0 amide bonds. The zero-order valence-corrected chi connectivity index (χ0v) is 8.04. The third-order valence-electron chi connectivity index (χ3n) is 1.68. The summed E-state index contributed by atoms with van der Waals surface area (Å²) in [5.41, 5.74) is 5.19. The zero-order chi connectivity index (χ0) is 10.5. The molecule has 13 heavy (non-hydrogen) atoms. The van der Waals surface area contributed by atoms with Gasteiger partial charge in [-0.05, 0) is 13.3 Å². The Hall–Kier alpha value is -0.290. The molecule has 0 aromatic rings. The SMILES string of the molecule is CCCC(C)(N)CNCC(F)(F)F. The van der Waals surface area contributed by atoms with Crippen LogP contribution in [0.5, 0.6) is 0 Å². The summed E-state index contributed by atoms with van der Waals surface area (Å²) in [6, 6.07) is 0. The van der Waals surface area contributed by atoms with Crippen molar-refractivity contribution in [2.24, 2.45) is 5.73 Å². The van der Waals surface area contributed by atoms with Gasteiger partial charge >= 0.3 is 6.18 Å². The molecule has 0 aromatic heterocycles. The highest BCUT2D eigenvalue weighted by molar-refractivity contribution is 4.80. The lowest BCUT2D eigenvalue weighted by Gasteiger charge is -2.24. The Morgan fingerprint density at radius 1 is 1.23 bits per heavy atom. The molecule has 2 nitrogen and oxygen atoms in total. The smallest absolute Gasteiger partial charge is 0.324 e. The highest BCUT2D eigenvalue weighted by Crippen LogP contribution is 2.13. The molecule has 0 saturated heterocycles. The molecule has 1 unspecified atom stereocenters. The van der Waals surface area contributed by atoms with E-state index >= 15 is 0 Å². The Balaban J connectivity index is 3.63. The lowest BCUT2D eigenvalue weighted by molar-refractivity contribution is -0.125. The summed E-state index contributed by atoms with van der Waals surface area (Å²) in [7, 11) is 0. The van der Waals surface area contributed by atoms with Crippen LogP contribution in [-0.2, 0) is 0 Å². The fourth-order valence-corrected chi connectivity index (χ4v) is 1.15. The van der Waals surface area contributed by atoms with Crippen molar-refractivity contribution in [3.05, 3.63) is 0 Å². The van der Waals surface area contributed by atoms with Crippen LogP contribution in [0.3, 0.4) is 0 Å².